The maximum absolute atomic E-state index is 12.4. The lowest BCUT2D eigenvalue weighted by Gasteiger charge is -2.17. The number of nitrogens with one attached hydrogen (secondary N) is 1. The molecule has 0 aliphatic rings. The van der Waals surface area contributed by atoms with Gasteiger partial charge in [0.25, 0.3) is 5.91 Å². The van der Waals surface area contributed by atoms with Crippen LogP contribution < -0.4 is 5.32 Å². The number of hydrogen-bond acceptors (Lipinski definition) is 4. The molecule has 0 aliphatic heterocycles. The van der Waals surface area contributed by atoms with E-state index < -0.39 is 0 Å². The third-order valence-electron chi connectivity index (χ3n) is 3.28. The van der Waals surface area contributed by atoms with Crippen molar-refractivity contribution in [2.45, 2.75) is 26.8 Å². The number of benzene rings is 1. The maximum Gasteiger partial charge on any atom is 0.253 e. The lowest BCUT2D eigenvalue weighted by molar-refractivity contribution is 0.0786. The minimum absolute atomic E-state index is 0.0323. The van der Waals surface area contributed by atoms with Crippen LogP contribution in [0, 0.1) is 6.92 Å². The highest BCUT2D eigenvalue weighted by Gasteiger charge is 2.13. The monoisotopic (exact) mass is 303 g/mol. The van der Waals surface area contributed by atoms with Crippen LogP contribution in [0.2, 0.25) is 0 Å². The number of aryl methyl sites for hydroxylation is 1. The molecule has 1 heterocycles. The van der Waals surface area contributed by atoms with E-state index in [0.717, 1.165) is 29.2 Å². The fourth-order valence-corrected chi connectivity index (χ4v) is 2.82. The summed E-state index contributed by atoms with van der Waals surface area (Å²) in [5, 5.41) is 3.30. The first-order chi connectivity index (χ1) is 10.1. The number of rotatable bonds is 6. The lowest BCUT2D eigenvalue weighted by atomic mass is 10.2. The van der Waals surface area contributed by atoms with Gasteiger partial charge >= 0.3 is 0 Å². The van der Waals surface area contributed by atoms with Gasteiger partial charge in [-0.1, -0.05) is 6.92 Å². The molecule has 0 atom stereocenters. The van der Waals surface area contributed by atoms with Gasteiger partial charge in [0, 0.05) is 29.7 Å². The van der Waals surface area contributed by atoms with Crippen molar-refractivity contribution in [2.24, 2.45) is 0 Å². The number of hydrogen-bond donors (Lipinski definition) is 1. The standard InChI is InChI=1S/C16H21N3OS/c1-4-9-17-14-7-5-13(6-8-14)16(20)19(3)10-15-12(2)18-11-21-15/h5-8,11,17H,4,9-10H2,1-3H3. The minimum atomic E-state index is 0.0323. The van der Waals surface area contributed by atoms with Crippen molar-refractivity contribution >= 4 is 22.9 Å². The molecule has 1 aromatic carbocycles. The topological polar surface area (TPSA) is 45.2 Å². The molecule has 4 nitrogen and oxygen atoms in total. The number of anilines is 1. The summed E-state index contributed by atoms with van der Waals surface area (Å²) in [5.74, 6) is 0.0323. The fourth-order valence-electron chi connectivity index (χ4n) is 1.99. The molecular formula is C16H21N3OS. The SMILES string of the molecule is CCCNc1ccc(C(=O)N(C)Cc2scnc2C)cc1. The summed E-state index contributed by atoms with van der Waals surface area (Å²) in [4.78, 5) is 19.5. The van der Waals surface area contributed by atoms with Gasteiger partial charge in [0.05, 0.1) is 17.7 Å². The number of aromatic nitrogens is 1. The van der Waals surface area contributed by atoms with Gasteiger partial charge in [0.1, 0.15) is 0 Å². The van der Waals surface area contributed by atoms with Gasteiger partial charge < -0.3 is 10.2 Å². The van der Waals surface area contributed by atoms with E-state index in [1.54, 1.807) is 16.2 Å². The smallest absolute Gasteiger partial charge is 0.253 e. The Morgan fingerprint density at radius 3 is 2.62 bits per heavy atom. The lowest BCUT2D eigenvalue weighted by Crippen LogP contribution is -2.26. The Morgan fingerprint density at radius 1 is 1.33 bits per heavy atom. The fraction of sp³-hybridized carbons (Fsp3) is 0.375. The molecule has 0 saturated carbocycles. The van der Waals surface area contributed by atoms with Crippen molar-refractivity contribution in [1.29, 1.82) is 0 Å². The van der Waals surface area contributed by atoms with Crippen molar-refractivity contribution in [1.82, 2.24) is 9.88 Å². The van der Waals surface area contributed by atoms with E-state index in [2.05, 4.69) is 17.2 Å². The molecule has 1 aromatic heterocycles. The summed E-state index contributed by atoms with van der Waals surface area (Å²) >= 11 is 1.59. The van der Waals surface area contributed by atoms with Crippen molar-refractivity contribution < 1.29 is 4.79 Å². The summed E-state index contributed by atoms with van der Waals surface area (Å²) in [5.41, 5.74) is 4.58. The molecule has 0 radical (unpaired) electrons. The van der Waals surface area contributed by atoms with Gasteiger partial charge in [-0.15, -0.1) is 11.3 Å². The summed E-state index contributed by atoms with van der Waals surface area (Å²) in [6, 6.07) is 7.65. The molecule has 0 fully saturated rings. The second kappa shape index (κ2) is 7.22. The Balaban J connectivity index is 2.00. The molecule has 2 aromatic rings. The highest BCUT2D eigenvalue weighted by Crippen LogP contribution is 2.16. The van der Waals surface area contributed by atoms with Gasteiger partial charge in [0.15, 0.2) is 0 Å². The first-order valence-electron chi connectivity index (χ1n) is 7.10. The Morgan fingerprint density at radius 2 is 2.05 bits per heavy atom. The van der Waals surface area contributed by atoms with Crippen molar-refractivity contribution in [3.63, 3.8) is 0 Å². The highest BCUT2D eigenvalue weighted by atomic mass is 32.1. The second-order valence-electron chi connectivity index (χ2n) is 5.03. The number of carbonyl (C=O) groups excluding carboxylic acids is 1. The van der Waals surface area contributed by atoms with Gasteiger partial charge in [-0.3, -0.25) is 4.79 Å². The van der Waals surface area contributed by atoms with Crippen LogP contribution in [-0.2, 0) is 6.54 Å². The number of nitrogens with zero attached hydrogens (tertiary/aromatic N) is 2. The zero-order valence-corrected chi connectivity index (χ0v) is 13.5. The molecule has 1 N–H and O–H groups in total. The zero-order valence-electron chi connectivity index (χ0n) is 12.7. The Bertz CT molecular complexity index is 592. The van der Waals surface area contributed by atoms with Crippen LogP contribution in [0.1, 0.15) is 34.3 Å². The first kappa shape index (κ1) is 15.5. The maximum atomic E-state index is 12.4. The molecular weight excluding hydrogens is 282 g/mol. The molecule has 0 bridgehead atoms. The number of carbonyl (C=O) groups is 1. The predicted molar refractivity (Wildman–Crippen MR) is 87.9 cm³/mol. The Labute approximate surface area is 129 Å². The van der Waals surface area contributed by atoms with E-state index in [9.17, 15) is 4.79 Å². The summed E-state index contributed by atoms with van der Waals surface area (Å²) < 4.78 is 0. The van der Waals surface area contributed by atoms with E-state index in [4.69, 9.17) is 0 Å². The number of amides is 1. The van der Waals surface area contributed by atoms with Crippen LogP contribution in [0.4, 0.5) is 5.69 Å². The number of thiazole rings is 1. The summed E-state index contributed by atoms with van der Waals surface area (Å²) in [6.07, 6.45) is 1.08. The van der Waals surface area contributed by atoms with E-state index >= 15 is 0 Å². The van der Waals surface area contributed by atoms with Gasteiger partial charge in [-0.05, 0) is 37.6 Å². The Kier molecular flexibility index (Phi) is 5.33. The molecule has 5 heteroatoms. The molecule has 21 heavy (non-hydrogen) atoms. The molecule has 112 valence electrons. The van der Waals surface area contributed by atoms with Crippen LogP contribution >= 0.6 is 11.3 Å². The van der Waals surface area contributed by atoms with Crippen molar-refractivity contribution in [3.05, 3.63) is 45.9 Å². The average molecular weight is 303 g/mol. The minimum Gasteiger partial charge on any atom is -0.385 e. The molecule has 0 spiro atoms. The van der Waals surface area contributed by atoms with Crippen LogP contribution in [0.5, 0.6) is 0 Å². The van der Waals surface area contributed by atoms with E-state index in [1.165, 1.54) is 0 Å². The van der Waals surface area contributed by atoms with Gasteiger partial charge in [-0.25, -0.2) is 4.98 Å². The Hall–Kier alpha value is -1.88. The zero-order chi connectivity index (χ0) is 15.2. The third kappa shape index (κ3) is 4.04. The normalized spacial score (nSPS) is 10.4. The van der Waals surface area contributed by atoms with E-state index in [-0.39, 0.29) is 5.91 Å². The molecule has 1 amide bonds. The molecule has 0 saturated heterocycles. The van der Waals surface area contributed by atoms with E-state index in [0.29, 0.717) is 12.1 Å². The largest absolute Gasteiger partial charge is 0.385 e. The van der Waals surface area contributed by atoms with Crippen molar-refractivity contribution in [2.75, 3.05) is 18.9 Å². The predicted octanol–water partition coefficient (Wildman–Crippen LogP) is 3.55. The molecule has 0 aliphatic carbocycles. The third-order valence-corrected chi connectivity index (χ3v) is 4.20. The van der Waals surface area contributed by atoms with Gasteiger partial charge in [0.2, 0.25) is 0 Å². The second-order valence-corrected chi connectivity index (χ2v) is 5.97. The van der Waals surface area contributed by atoms with Crippen LogP contribution in [0.3, 0.4) is 0 Å². The quantitative estimate of drug-likeness (QED) is 0.887. The van der Waals surface area contributed by atoms with Crippen LogP contribution in [0.15, 0.2) is 29.8 Å². The van der Waals surface area contributed by atoms with Crippen molar-refractivity contribution in [3.8, 4) is 0 Å². The van der Waals surface area contributed by atoms with Crippen LogP contribution in [-0.4, -0.2) is 29.4 Å². The summed E-state index contributed by atoms with van der Waals surface area (Å²) in [6.45, 7) is 5.64. The first-order valence-corrected chi connectivity index (χ1v) is 7.98. The molecule has 2 rings (SSSR count). The average Bonchev–Trinajstić information content (AvgIpc) is 2.90. The van der Waals surface area contributed by atoms with Crippen LogP contribution in [0.25, 0.3) is 0 Å². The van der Waals surface area contributed by atoms with Gasteiger partial charge in [-0.2, -0.15) is 0 Å². The highest BCUT2D eigenvalue weighted by molar-refractivity contribution is 7.09. The van der Waals surface area contributed by atoms with E-state index in [1.807, 2.05) is 43.7 Å². The summed E-state index contributed by atoms with van der Waals surface area (Å²) in [7, 11) is 1.82. The molecule has 0 unspecified atom stereocenters.